The molecule has 1 rings (SSSR count). The molecule has 0 saturated carbocycles. The van der Waals surface area contributed by atoms with Crippen LogP contribution >= 0.6 is 0 Å². The van der Waals surface area contributed by atoms with E-state index in [0.29, 0.717) is 13.1 Å². The molecule has 1 fully saturated rings. The molecule has 0 unspecified atom stereocenters. The first-order valence-electron chi connectivity index (χ1n) is 6.05. The van der Waals surface area contributed by atoms with E-state index < -0.39 is 0 Å². The highest BCUT2D eigenvalue weighted by Crippen LogP contribution is 2.10. The van der Waals surface area contributed by atoms with Crippen molar-refractivity contribution in [3.63, 3.8) is 0 Å². The second-order valence-corrected chi connectivity index (χ2v) is 4.44. The molecule has 1 saturated heterocycles. The first kappa shape index (κ1) is 13.8. The second-order valence-electron chi connectivity index (χ2n) is 4.44. The maximum atomic E-state index is 11.7. The van der Waals surface area contributed by atoms with Gasteiger partial charge in [0.15, 0.2) is 0 Å². The summed E-state index contributed by atoms with van der Waals surface area (Å²) in [6, 6.07) is -0.138. The lowest BCUT2D eigenvalue weighted by Crippen LogP contribution is -2.42. The molecule has 3 N–H and O–H groups in total. The lowest BCUT2D eigenvalue weighted by atomic mass is 9.97. The molecule has 0 spiro atoms. The van der Waals surface area contributed by atoms with Gasteiger partial charge in [-0.25, -0.2) is 4.79 Å². The number of carbonyl (C=O) groups is 2. The van der Waals surface area contributed by atoms with E-state index >= 15 is 0 Å². The van der Waals surface area contributed by atoms with E-state index in [1.807, 2.05) is 0 Å². The molecule has 1 heterocycles. The summed E-state index contributed by atoms with van der Waals surface area (Å²) < 4.78 is 0. The van der Waals surface area contributed by atoms with E-state index in [1.54, 1.807) is 14.1 Å². The van der Waals surface area contributed by atoms with Crippen molar-refractivity contribution >= 4 is 11.9 Å². The number of piperidine rings is 1. The Kier molecular flexibility index (Phi) is 5.76. The van der Waals surface area contributed by atoms with Crippen molar-refractivity contribution in [1.82, 2.24) is 20.9 Å². The van der Waals surface area contributed by atoms with E-state index in [4.69, 9.17) is 0 Å². The van der Waals surface area contributed by atoms with Gasteiger partial charge in [-0.2, -0.15) is 0 Å². The predicted octanol–water partition coefficient (Wildman–Crippen LogP) is -0.627. The van der Waals surface area contributed by atoms with Gasteiger partial charge in [-0.3, -0.25) is 4.79 Å². The van der Waals surface area contributed by atoms with Gasteiger partial charge in [0.25, 0.3) is 0 Å². The Bertz CT molecular complexity index is 262. The Labute approximate surface area is 102 Å². The van der Waals surface area contributed by atoms with Crippen LogP contribution < -0.4 is 16.0 Å². The third kappa shape index (κ3) is 5.04. The molecule has 6 heteroatoms. The fraction of sp³-hybridized carbons (Fsp3) is 0.818. The Morgan fingerprint density at radius 2 is 1.76 bits per heavy atom. The molecule has 0 aliphatic carbocycles. The molecule has 0 aromatic carbocycles. The molecule has 0 atom stereocenters. The number of hydrogen-bond acceptors (Lipinski definition) is 3. The fourth-order valence-electron chi connectivity index (χ4n) is 1.74. The standard InChI is InChI=1S/C11H22N4O2/c1-15(2)11(17)14-8-7-13-10(16)9-3-5-12-6-4-9/h9,12H,3-8H2,1-2H3,(H,13,16)(H,14,17). The Morgan fingerprint density at radius 1 is 1.18 bits per heavy atom. The van der Waals surface area contributed by atoms with E-state index in [2.05, 4.69) is 16.0 Å². The summed E-state index contributed by atoms with van der Waals surface area (Å²) in [6.45, 7) is 2.78. The van der Waals surface area contributed by atoms with Crippen molar-refractivity contribution in [3.05, 3.63) is 0 Å². The predicted molar refractivity (Wildman–Crippen MR) is 65.7 cm³/mol. The minimum atomic E-state index is -0.138. The summed E-state index contributed by atoms with van der Waals surface area (Å²) in [6.07, 6.45) is 1.80. The average molecular weight is 242 g/mol. The highest BCUT2D eigenvalue weighted by Gasteiger charge is 2.20. The van der Waals surface area contributed by atoms with Gasteiger partial charge in [0.2, 0.25) is 5.91 Å². The zero-order chi connectivity index (χ0) is 12.7. The summed E-state index contributed by atoms with van der Waals surface area (Å²) in [5, 5.41) is 8.77. The van der Waals surface area contributed by atoms with Gasteiger partial charge in [-0.05, 0) is 25.9 Å². The van der Waals surface area contributed by atoms with Gasteiger partial charge in [-0.1, -0.05) is 0 Å². The Morgan fingerprint density at radius 3 is 2.35 bits per heavy atom. The highest BCUT2D eigenvalue weighted by molar-refractivity contribution is 5.78. The lowest BCUT2D eigenvalue weighted by Gasteiger charge is -2.21. The van der Waals surface area contributed by atoms with Crippen LogP contribution in [-0.2, 0) is 4.79 Å². The zero-order valence-electron chi connectivity index (χ0n) is 10.6. The maximum absolute atomic E-state index is 11.7. The van der Waals surface area contributed by atoms with E-state index in [-0.39, 0.29) is 17.9 Å². The summed E-state index contributed by atoms with van der Waals surface area (Å²) in [7, 11) is 3.37. The molecule has 98 valence electrons. The van der Waals surface area contributed by atoms with E-state index in [0.717, 1.165) is 25.9 Å². The number of rotatable bonds is 4. The number of nitrogens with one attached hydrogen (secondary N) is 3. The molecule has 0 aromatic heterocycles. The van der Waals surface area contributed by atoms with Gasteiger partial charge in [0, 0.05) is 33.1 Å². The average Bonchev–Trinajstić information content (AvgIpc) is 2.35. The van der Waals surface area contributed by atoms with Gasteiger partial charge in [-0.15, -0.1) is 0 Å². The molecule has 0 aromatic rings. The Balaban J connectivity index is 2.09. The summed E-state index contributed by atoms with van der Waals surface area (Å²) in [5.41, 5.74) is 0. The lowest BCUT2D eigenvalue weighted by molar-refractivity contribution is -0.125. The molecule has 0 bridgehead atoms. The van der Waals surface area contributed by atoms with Crippen LogP contribution in [0.15, 0.2) is 0 Å². The largest absolute Gasteiger partial charge is 0.354 e. The molecule has 17 heavy (non-hydrogen) atoms. The smallest absolute Gasteiger partial charge is 0.316 e. The van der Waals surface area contributed by atoms with Crippen molar-refractivity contribution in [2.24, 2.45) is 5.92 Å². The molecule has 6 nitrogen and oxygen atoms in total. The van der Waals surface area contributed by atoms with Crippen molar-refractivity contribution in [2.45, 2.75) is 12.8 Å². The number of urea groups is 1. The topological polar surface area (TPSA) is 73.5 Å². The van der Waals surface area contributed by atoms with Gasteiger partial charge < -0.3 is 20.9 Å². The summed E-state index contributed by atoms with van der Waals surface area (Å²) >= 11 is 0. The van der Waals surface area contributed by atoms with Crippen LogP contribution in [0.1, 0.15) is 12.8 Å². The highest BCUT2D eigenvalue weighted by atomic mass is 16.2. The van der Waals surface area contributed by atoms with Crippen LogP contribution in [0.4, 0.5) is 4.79 Å². The molecular weight excluding hydrogens is 220 g/mol. The number of hydrogen-bond donors (Lipinski definition) is 3. The third-order valence-electron chi connectivity index (χ3n) is 2.82. The SMILES string of the molecule is CN(C)C(=O)NCCNC(=O)C1CCNCC1. The third-order valence-corrected chi connectivity index (χ3v) is 2.82. The number of amides is 3. The van der Waals surface area contributed by atoms with Gasteiger partial charge >= 0.3 is 6.03 Å². The van der Waals surface area contributed by atoms with E-state index in [1.165, 1.54) is 4.90 Å². The second kappa shape index (κ2) is 7.11. The Hall–Kier alpha value is -1.30. The number of carbonyl (C=O) groups excluding carboxylic acids is 2. The van der Waals surface area contributed by atoms with Crippen LogP contribution in [0.25, 0.3) is 0 Å². The van der Waals surface area contributed by atoms with Crippen molar-refractivity contribution in [3.8, 4) is 0 Å². The van der Waals surface area contributed by atoms with Crippen LogP contribution in [0, 0.1) is 5.92 Å². The monoisotopic (exact) mass is 242 g/mol. The van der Waals surface area contributed by atoms with E-state index in [9.17, 15) is 9.59 Å². The van der Waals surface area contributed by atoms with Crippen molar-refractivity contribution in [2.75, 3.05) is 40.3 Å². The first-order chi connectivity index (χ1) is 8.11. The first-order valence-corrected chi connectivity index (χ1v) is 6.05. The van der Waals surface area contributed by atoms with Crippen LogP contribution in [0.2, 0.25) is 0 Å². The molecule has 0 radical (unpaired) electrons. The maximum Gasteiger partial charge on any atom is 0.316 e. The summed E-state index contributed by atoms with van der Waals surface area (Å²) in [5.74, 6) is 0.228. The van der Waals surface area contributed by atoms with Crippen molar-refractivity contribution < 1.29 is 9.59 Å². The minimum Gasteiger partial charge on any atom is -0.354 e. The van der Waals surface area contributed by atoms with Gasteiger partial charge in [0.1, 0.15) is 0 Å². The summed E-state index contributed by atoms with van der Waals surface area (Å²) in [4.78, 5) is 24.4. The normalized spacial score (nSPS) is 16.4. The molecule has 1 aliphatic heterocycles. The fourth-order valence-corrected chi connectivity index (χ4v) is 1.74. The molecule has 1 aliphatic rings. The zero-order valence-corrected chi connectivity index (χ0v) is 10.6. The minimum absolute atomic E-state index is 0.102. The van der Waals surface area contributed by atoms with Crippen LogP contribution in [0.5, 0.6) is 0 Å². The number of nitrogens with zero attached hydrogens (tertiary/aromatic N) is 1. The molecule has 3 amide bonds. The van der Waals surface area contributed by atoms with Crippen LogP contribution in [-0.4, -0.2) is 57.1 Å². The van der Waals surface area contributed by atoms with Crippen LogP contribution in [0.3, 0.4) is 0 Å². The van der Waals surface area contributed by atoms with Gasteiger partial charge in [0.05, 0.1) is 0 Å². The quantitative estimate of drug-likeness (QED) is 0.575. The molecular formula is C11H22N4O2. The van der Waals surface area contributed by atoms with Crippen molar-refractivity contribution in [1.29, 1.82) is 0 Å².